The van der Waals surface area contributed by atoms with Gasteiger partial charge < -0.3 is 4.90 Å². The number of nitro groups is 1. The van der Waals surface area contributed by atoms with Crippen molar-refractivity contribution in [2.45, 2.75) is 44.6 Å². The van der Waals surface area contributed by atoms with Crippen molar-refractivity contribution in [3.8, 4) is 0 Å². The maximum Gasteiger partial charge on any atom is 0.270 e. The van der Waals surface area contributed by atoms with Gasteiger partial charge in [0.2, 0.25) is 5.91 Å². The third-order valence-electron chi connectivity index (χ3n) is 6.02. The standard InChI is InChI=1S/C19H21N3O5/c23-17(20-9-3-5-12-4-1-2-6-16(12)20)11-21-18(24)14-8-7-13(22(26)27)10-15(14)19(21)25/h7-8,10,12,16H,1-6,9,11H2/t12-,16-/m0/s1. The molecule has 0 aromatic heterocycles. The molecule has 4 rings (SSSR count). The van der Waals surface area contributed by atoms with Gasteiger partial charge in [-0.05, 0) is 37.7 Å². The molecule has 0 bridgehead atoms. The lowest BCUT2D eigenvalue weighted by Gasteiger charge is -2.44. The van der Waals surface area contributed by atoms with E-state index in [-0.39, 0.29) is 35.3 Å². The number of nitro benzene ring substituents is 1. The predicted molar refractivity (Wildman–Crippen MR) is 95.2 cm³/mol. The number of piperidine rings is 1. The van der Waals surface area contributed by atoms with E-state index in [2.05, 4.69) is 0 Å². The molecule has 2 fully saturated rings. The Hall–Kier alpha value is -2.77. The summed E-state index contributed by atoms with van der Waals surface area (Å²) in [7, 11) is 0. The summed E-state index contributed by atoms with van der Waals surface area (Å²) in [6.45, 7) is 0.359. The zero-order chi connectivity index (χ0) is 19.1. The lowest BCUT2D eigenvalue weighted by atomic mass is 9.78. The average molecular weight is 371 g/mol. The fourth-order valence-electron chi connectivity index (χ4n) is 4.70. The Morgan fingerprint density at radius 3 is 2.56 bits per heavy atom. The normalized spacial score (nSPS) is 24.6. The number of nitrogens with zero attached hydrogens (tertiary/aromatic N) is 3. The molecular weight excluding hydrogens is 350 g/mol. The van der Waals surface area contributed by atoms with Gasteiger partial charge in [0.1, 0.15) is 6.54 Å². The van der Waals surface area contributed by atoms with Crippen molar-refractivity contribution in [3.05, 3.63) is 39.4 Å². The Morgan fingerprint density at radius 2 is 1.78 bits per heavy atom. The number of benzene rings is 1. The third kappa shape index (κ3) is 2.98. The highest BCUT2D eigenvalue weighted by atomic mass is 16.6. The second-order valence-corrected chi connectivity index (χ2v) is 7.52. The summed E-state index contributed by atoms with van der Waals surface area (Å²) in [4.78, 5) is 51.1. The van der Waals surface area contributed by atoms with Crippen LogP contribution in [0, 0.1) is 16.0 Å². The molecule has 2 atom stereocenters. The summed E-state index contributed by atoms with van der Waals surface area (Å²) < 4.78 is 0. The van der Waals surface area contributed by atoms with Gasteiger partial charge in [0.15, 0.2) is 0 Å². The molecule has 3 amide bonds. The smallest absolute Gasteiger partial charge is 0.270 e. The lowest BCUT2D eigenvalue weighted by Crippen LogP contribution is -2.53. The first-order chi connectivity index (χ1) is 13.0. The SMILES string of the molecule is O=C1c2ccc([N+](=O)[O-])cc2C(=O)N1CC(=O)N1CCC[C@@H]2CCCC[C@@H]21. The number of amides is 3. The predicted octanol–water partition coefficient (Wildman–Crippen LogP) is 2.37. The van der Waals surface area contributed by atoms with Crippen LogP contribution in [0.15, 0.2) is 18.2 Å². The first-order valence-corrected chi connectivity index (χ1v) is 9.41. The maximum atomic E-state index is 12.9. The molecule has 0 radical (unpaired) electrons. The largest absolute Gasteiger partial charge is 0.338 e. The molecule has 1 saturated heterocycles. The summed E-state index contributed by atoms with van der Waals surface area (Å²) in [5.41, 5.74) is -0.132. The minimum Gasteiger partial charge on any atom is -0.338 e. The van der Waals surface area contributed by atoms with Gasteiger partial charge in [0.25, 0.3) is 17.5 Å². The molecule has 1 saturated carbocycles. The molecule has 8 nitrogen and oxygen atoms in total. The molecule has 2 aliphatic heterocycles. The Kier molecular flexibility index (Phi) is 4.41. The summed E-state index contributed by atoms with van der Waals surface area (Å²) in [5, 5.41) is 10.9. The monoisotopic (exact) mass is 371 g/mol. The number of fused-ring (bicyclic) bond motifs is 2. The molecule has 27 heavy (non-hydrogen) atoms. The van der Waals surface area contributed by atoms with E-state index in [0.717, 1.165) is 43.1 Å². The van der Waals surface area contributed by atoms with Crippen molar-refractivity contribution in [2.24, 2.45) is 5.92 Å². The molecule has 0 spiro atoms. The molecule has 8 heteroatoms. The number of likely N-dealkylation sites (tertiary alicyclic amines) is 1. The van der Waals surface area contributed by atoms with Crippen molar-refractivity contribution in [1.82, 2.24) is 9.80 Å². The molecule has 1 aromatic rings. The number of rotatable bonds is 3. The van der Waals surface area contributed by atoms with Gasteiger partial charge >= 0.3 is 0 Å². The van der Waals surface area contributed by atoms with Crippen LogP contribution < -0.4 is 0 Å². The summed E-state index contributed by atoms with van der Waals surface area (Å²) in [6, 6.07) is 3.80. The number of imide groups is 1. The van der Waals surface area contributed by atoms with Crippen molar-refractivity contribution >= 4 is 23.4 Å². The van der Waals surface area contributed by atoms with E-state index in [4.69, 9.17) is 0 Å². The van der Waals surface area contributed by atoms with Crippen LogP contribution in [0.2, 0.25) is 0 Å². The van der Waals surface area contributed by atoms with Gasteiger partial charge in [-0.1, -0.05) is 12.8 Å². The van der Waals surface area contributed by atoms with Crippen molar-refractivity contribution in [3.63, 3.8) is 0 Å². The van der Waals surface area contributed by atoms with E-state index in [1.54, 1.807) is 0 Å². The number of carbonyl (C=O) groups excluding carboxylic acids is 3. The van der Waals surface area contributed by atoms with E-state index >= 15 is 0 Å². The lowest BCUT2D eigenvalue weighted by molar-refractivity contribution is -0.384. The molecule has 3 aliphatic rings. The first-order valence-electron chi connectivity index (χ1n) is 9.41. The first kappa shape index (κ1) is 17.6. The van der Waals surface area contributed by atoms with E-state index in [0.29, 0.717) is 12.5 Å². The van der Waals surface area contributed by atoms with E-state index in [9.17, 15) is 24.5 Å². The number of carbonyl (C=O) groups is 3. The highest BCUT2D eigenvalue weighted by Crippen LogP contribution is 2.35. The quantitative estimate of drug-likeness (QED) is 0.461. The zero-order valence-electron chi connectivity index (χ0n) is 14.9. The van der Waals surface area contributed by atoms with Crippen molar-refractivity contribution < 1.29 is 19.3 Å². The van der Waals surface area contributed by atoms with Gasteiger partial charge in [0, 0.05) is 24.7 Å². The van der Waals surface area contributed by atoms with Crippen LogP contribution in [-0.4, -0.2) is 51.6 Å². The molecule has 2 heterocycles. The fourth-order valence-corrected chi connectivity index (χ4v) is 4.70. The topological polar surface area (TPSA) is 101 Å². The van der Waals surface area contributed by atoms with Crippen molar-refractivity contribution in [2.75, 3.05) is 13.1 Å². The van der Waals surface area contributed by atoms with Crippen molar-refractivity contribution in [1.29, 1.82) is 0 Å². The molecule has 142 valence electrons. The summed E-state index contributed by atoms with van der Waals surface area (Å²) in [6.07, 6.45) is 6.48. The fraction of sp³-hybridized carbons (Fsp3) is 0.526. The molecule has 1 aromatic carbocycles. The van der Waals surface area contributed by atoms with E-state index in [1.807, 2.05) is 4.90 Å². The second-order valence-electron chi connectivity index (χ2n) is 7.52. The second kappa shape index (κ2) is 6.75. The van der Waals surface area contributed by atoms with Crippen LogP contribution in [0.25, 0.3) is 0 Å². The van der Waals surface area contributed by atoms with Gasteiger partial charge in [-0.2, -0.15) is 0 Å². The van der Waals surface area contributed by atoms with Crippen LogP contribution in [0.5, 0.6) is 0 Å². The number of non-ortho nitro benzene ring substituents is 1. The molecule has 0 unspecified atom stereocenters. The molecule has 1 aliphatic carbocycles. The Labute approximate surface area is 156 Å². The molecule has 0 N–H and O–H groups in total. The number of hydrogen-bond acceptors (Lipinski definition) is 5. The van der Waals surface area contributed by atoms with Gasteiger partial charge in [-0.25, -0.2) is 0 Å². The van der Waals surface area contributed by atoms with Gasteiger partial charge in [-0.15, -0.1) is 0 Å². The van der Waals surface area contributed by atoms with Crippen LogP contribution in [0.1, 0.15) is 59.2 Å². The van der Waals surface area contributed by atoms with E-state index < -0.39 is 16.7 Å². The highest BCUT2D eigenvalue weighted by molar-refractivity contribution is 6.22. The maximum absolute atomic E-state index is 12.9. The molecular formula is C19H21N3O5. The Bertz CT molecular complexity index is 835. The Morgan fingerprint density at radius 1 is 1.07 bits per heavy atom. The zero-order valence-corrected chi connectivity index (χ0v) is 14.9. The number of hydrogen-bond donors (Lipinski definition) is 0. The van der Waals surface area contributed by atoms with Crippen LogP contribution >= 0.6 is 0 Å². The average Bonchev–Trinajstić information content (AvgIpc) is 2.91. The highest BCUT2D eigenvalue weighted by Gasteiger charge is 2.41. The van der Waals surface area contributed by atoms with Crippen LogP contribution in [-0.2, 0) is 4.79 Å². The minimum atomic E-state index is -0.635. The summed E-state index contributed by atoms with van der Waals surface area (Å²) >= 11 is 0. The minimum absolute atomic E-state index is 0.00353. The van der Waals surface area contributed by atoms with Crippen LogP contribution in [0.3, 0.4) is 0 Å². The Balaban J connectivity index is 1.52. The van der Waals surface area contributed by atoms with Gasteiger partial charge in [0.05, 0.1) is 16.1 Å². The third-order valence-corrected chi connectivity index (χ3v) is 6.02. The van der Waals surface area contributed by atoms with Crippen LogP contribution in [0.4, 0.5) is 5.69 Å². The van der Waals surface area contributed by atoms with E-state index in [1.165, 1.54) is 18.6 Å². The summed E-state index contributed by atoms with van der Waals surface area (Å²) in [5.74, 6) is -0.892. The van der Waals surface area contributed by atoms with Gasteiger partial charge in [-0.3, -0.25) is 29.4 Å².